The Hall–Kier alpha value is -2.20. The zero-order chi connectivity index (χ0) is 61.2. The van der Waals surface area contributed by atoms with Gasteiger partial charge in [0.15, 0.2) is 25.2 Å². The molecular weight excluding hydrogens is 1100 g/mol. The Kier molecular flexibility index (Phi) is 20.7. The minimum Gasteiger partial charge on any atom is -0.481 e. The molecule has 8 rings (SSSR count). The SMILES string of the molecule is CC(C)=CCC[C@](C)(O[C@@H]1O[C@H](CO[C@@H]2O[C@H](CO)[C@@H](O)[C@H](O)[C@H]2O)[C@@H](O)[C@H](O)[C@H]1O)C1CC[C@]2(C)[C@@H]1[C@H](O)CC1[C@@]3(C)CC[C@H](O[C@@H]4O[C@H](CO)[C@@H](O)[C@H](O)[C@H]4O[C@@H]4O[C@H](COC(=O)CC(=O)O)[C@@H](O)[C@H](O)[C@H]4O)C(C)(C)C3CC[C@]12C. The maximum atomic E-state index is 12.9. The lowest BCUT2D eigenvalue weighted by Crippen LogP contribution is -2.68. The third kappa shape index (κ3) is 12.5. The van der Waals surface area contributed by atoms with Gasteiger partial charge in [0.05, 0.1) is 37.6 Å². The highest BCUT2D eigenvalue weighted by molar-refractivity contribution is 5.90. The molecule has 8 fully saturated rings. The van der Waals surface area contributed by atoms with Crippen LogP contribution >= 0.6 is 0 Å². The first-order valence-electron chi connectivity index (χ1n) is 29.4. The van der Waals surface area contributed by atoms with Crippen molar-refractivity contribution in [2.24, 2.45) is 45.3 Å². The molecule has 30 atom stereocenters. The highest BCUT2D eigenvalue weighted by Crippen LogP contribution is 2.76. The summed E-state index contributed by atoms with van der Waals surface area (Å²) in [6.45, 7) is 14.3. The normalized spacial score (nSPS) is 49.6. The van der Waals surface area contributed by atoms with Crippen molar-refractivity contribution in [2.75, 3.05) is 26.4 Å². The molecule has 4 aliphatic heterocycles. The first kappa shape index (κ1) is 66.7. The topological polar surface area (TPSA) is 421 Å². The summed E-state index contributed by atoms with van der Waals surface area (Å²) in [4.78, 5) is 23.1. The Morgan fingerprint density at radius 3 is 1.72 bits per heavy atom. The average molecular weight is 1200 g/mol. The summed E-state index contributed by atoms with van der Waals surface area (Å²) in [6.07, 6.45) is -28.1. The third-order valence-electron chi connectivity index (χ3n) is 21.4. The number of carbonyl (C=O) groups excluding carboxylic acids is 1. The molecule has 0 amide bonds. The van der Waals surface area contributed by atoms with Gasteiger partial charge in [0.1, 0.15) is 111 Å². The molecule has 478 valence electrons. The van der Waals surface area contributed by atoms with E-state index < -0.39 is 196 Å². The van der Waals surface area contributed by atoms with E-state index in [-0.39, 0.29) is 34.5 Å². The van der Waals surface area contributed by atoms with E-state index in [9.17, 15) is 81.1 Å². The summed E-state index contributed by atoms with van der Waals surface area (Å²) < 4.78 is 54.1. The van der Waals surface area contributed by atoms with Gasteiger partial charge in [-0.25, -0.2) is 0 Å². The second kappa shape index (κ2) is 25.7. The second-order valence-corrected chi connectivity index (χ2v) is 26.8. The first-order valence-corrected chi connectivity index (χ1v) is 29.4. The number of carboxylic acids is 1. The van der Waals surface area contributed by atoms with Gasteiger partial charge >= 0.3 is 11.9 Å². The van der Waals surface area contributed by atoms with Crippen LogP contribution in [0.2, 0.25) is 0 Å². The van der Waals surface area contributed by atoms with Crippen LogP contribution in [0.3, 0.4) is 0 Å². The van der Waals surface area contributed by atoms with Crippen molar-refractivity contribution >= 4 is 11.9 Å². The predicted molar refractivity (Wildman–Crippen MR) is 282 cm³/mol. The van der Waals surface area contributed by atoms with Crippen molar-refractivity contribution < 1.29 is 129 Å². The van der Waals surface area contributed by atoms with Crippen LogP contribution in [0.15, 0.2) is 11.6 Å². The van der Waals surface area contributed by atoms with E-state index in [1.165, 1.54) is 0 Å². The van der Waals surface area contributed by atoms with Crippen LogP contribution in [0.5, 0.6) is 0 Å². The highest BCUT2D eigenvalue weighted by Gasteiger charge is 2.72. The molecule has 0 aromatic heterocycles. The average Bonchev–Trinajstić information content (AvgIpc) is 1.74. The molecule has 15 N–H and O–H groups in total. The van der Waals surface area contributed by atoms with Gasteiger partial charge < -0.3 is 119 Å². The molecule has 4 heterocycles. The maximum absolute atomic E-state index is 12.9. The summed E-state index contributed by atoms with van der Waals surface area (Å²) >= 11 is 0. The van der Waals surface area contributed by atoms with E-state index in [1.54, 1.807) is 0 Å². The molecule has 26 nitrogen and oxygen atoms in total. The monoisotopic (exact) mass is 1190 g/mol. The third-order valence-corrected chi connectivity index (χ3v) is 21.4. The van der Waals surface area contributed by atoms with Gasteiger partial charge in [0.2, 0.25) is 0 Å². The number of rotatable bonds is 19. The molecular formula is C57H94O26. The number of aliphatic hydroxyl groups excluding tert-OH is 14. The smallest absolute Gasteiger partial charge is 0.317 e. The van der Waals surface area contributed by atoms with E-state index in [1.807, 2.05) is 20.8 Å². The summed E-state index contributed by atoms with van der Waals surface area (Å²) in [5, 5.41) is 162. The fourth-order valence-corrected chi connectivity index (χ4v) is 16.6. The van der Waals surface area contributed by atoms with E-state index in [2.05, 4.69) is 40.7 Å². The van der Waals surface area contributed by atoms with E-state index in [0.29, 0.717) is 38.5 Å². The summed E-state index contributed by atoms with van der Waals surface area (Å²) in [5.41, 5.74) is -1.83. The first-order chi connectivity index (χ1) is 38.8. The number of ether oxygens (including phenoxy) is 9. The van der Waals surface area contributed by atoms with Crippen molar-refractivity contribution in [3.05, 3.63) is 11.6 Å². The Bertz CT molecular complexity index is 2240. The fraction of sp³-hybridized carbons (Fsp3) is 0.930. The lowest BCUT2D eigenvalue weighted by molar-refractivity contribution is -0.378. The molecule has 4 saturated carbocycles. The maximum Gasteiger partial charge on any atom is 0.317 e. The summed E-state index contributed by atoms with van der Waals surface area (Å²) in [6, 6.07) is 0. The number of esters is 1. The Balaban J connectivity index is 0.997. The van der Waals surface area contributed by atoms with Crippen LogP contribution in [-0.4, -0.2) is 256 Å². The number of allylic oxidation sites excluding steroid dienone is 2. The van der Waals surface area contributed by atoms with Crippen LogP contribution < -0.4 is 0 Å². The zero-order valence-corrected chi connectivity index (χ0v) is 48.7. The van der Waals surface area contributed by atoms with Crippen LogP contribution in [0, 0.1) is 45.3 Å². The second-order valence-electron chi connectivity index (χ2n) is 26.8. The highest BCUT2D eigenvalue weighted by atomic mass is 16.8. The van der Waals surface area contributed by atoms with Crippen molar-refractivity contribution in [3.8, 4) is 0 Å². The van der Waals surface area contributed by atoms with Gasteiger partial charge in [-0.3, -0.25) is 9.59 Å². The van der Waals surface area contributed by atoms with Gasteiger partial charge in [-0.15, -0.1) is 0 Å². The molecule has 0 aromatic carbocycles. The minimum atomic E-state index is -1.95. The van der Waals surface area contributed by atoms with Gasteiger partial charge in [-0.1, -0.05) is 46.3 Å². The molecule has 0 spiro atoms. The van der Waals surface area contributed by atoms with Crippen LogP contribution in [0.4, 0.5) is 0 Å². The van der Waals surface area contributed by atoms with Crippen molar-refractivity contribution in [1.82, 2.24) is 0 Å². The van der Waals surface area contributed by atoms with Gasteiger partial charge in [-0.2, -0.15) is 0 Å². The number of aliphatic carboxylic acids is 1. The standard InChI is InChI=1S/C57H94O26/c1-24(2)10-9-14-57(8,83-51-47(74)43(70)40(67)30(80-51)23-76-49-45(72)41(68)37(64)27(20-58)77-49)25-11-16-56(7)36(25)26(60)18-32-54(5)15-13-33(53(3,4)31(54)12-17-55(32,56)6)81-52-48(44(71)38(65)28(21-59)78-52)82-50-46(73)42(69)39(66)29(79-50)22-75-35(63)19-34(61)62/h10,25-33,36-52,58-60,64-74H,9,11-23H2,1-8H3,(H,61,62)/t25?,26-,27-,28-,29-,30-,31?,32?,33+,36+,37-,38-,39-,40-,41+,42+,43+,44+,45-,46-,47-,48-,49-,50+,51+,52+,54+,55-,56-,57+/m1/s1. The lowest BCUT2D eigenvalue weighted by atomic mass is 9.35. The zero-order valence-electron chi connectivity index (χ0n) is 48.7. The molecule has 8 aliphatic rings. The number of carbonyl (C=O) groups is 2. The molecule has 4 saturated heterocycles. The number of hydrogen-bond donors (Lipinski definition) is 15. The lowest BCUT2D eigenvalue weighted by Gasteiger charge is -2.71. The fourth-order valence-electron chi connectivity index (χ4n) is 16.6. The molecule has 0 radical (unpaired) electrons. The molecule has 3 unspecified atom stereocenters. The molecule has 0 aromatic rings. The molecule has 0 bridgehead atoms. The van der Waals surface area contributed by atoms with Gasteiger partial charge in [0, 0.05) is 0 Å². The number of fused-ring (bicyclic) bond motifs is 5. The van der Waals surface area contributed by atoms with Crippen LogP contribution in [0.1, 0.15) is 120 Å². The van der Waals surface area contributed by atoms with E-state index in [4.69, 9.17) is 47.7 Å². The predicted octanol–water partition coefficient (Wildman–Crippen LogP) is -2.18. The molecule has 4 aliphatic carbocycles. The summed E-state index contributed by atoms with van der Waals surface area (Å²) in [5.74, 6) is -3.27. The van der Waals surface area contributed by atoms with Crippen LogP contribution in [0.25, 0.3) is 0 Å². The minimum absolute atomic E-state index is 0.00720. The Morgan fingerprint density at radius 1 is 0.590 bits per heavy atom. The van der Waals surface area contributed by atoms with Crippen LogP contribution in [-0.2, 0) is 52.2 Å². The molecule has 83 heavy (non-hydrogen) atoms. The molecule has 26 heteroatoms. The quantitative estimate of drug-likeness (QED) is 0.0283. The van der Waals surface area contributed by atoms with Gasteiger partial charge in [0.25, 0.3) is 0 Å². The van der Waals surface area contributed by atoms with E-state index >= 15 is 0 Å². The van der Waals surface area contributed by atoms with Crippen molar-refractivity contribution in [1.29, 1.82) is 0 Å². The van der Waals surface area contributed by atoms with Crippen molar-refractivity contribution in [2.45, 2.75) is 260 Å². The number of hydrogen-bond acceptors (Lipinski definition) is 25. The number of carboxylic acid groups (broad SMARTS) is 1. The Labute approximate surface area is 483 Å². The van der Waals surface area contributed by atoms with E-state index in [0.717, 1.165) is 24.8 Å². The largest absolute Gasteiger partial charge is 0.481 e. The van der Waals surface area contributed by atoms with Crippen molar-refractivity contribution in [3.63, 3.8) is 0 Å². The summed E-state index contributed by atoms with van der Waals surface area (Å²) in [7, 11) is 0. The van der Waals surface area contributed by atoms with Gasteiger partial charge in [-0.05, 0) is 124 Å². The number of aliphatic hydroxyl groups is 14. The Morgan fingerprint density at radius 2 is 1.12 bits per heavy atom.